The van der Waals surface area contributed by atoms with Crippen LogP contribution in [-0.4, -0.2) is 5.21 Å². The second-order valence-electron chi connectivity index (χ2n) is 3.67. The quantitative estimate of drug-likeness (QED) is 0.801. The molecule has 0 aliphatic carbocycles. The van der Waals surface area contributed by atoms with Crippen LogP contribution < -0.4 is 5.48 Å². The number of hydroxylamine groups is 1. The molecule has 0 saturated carbocycles. The Morgan fingerprint density at radius 3 is 1.71 bits per heavy atom. The van der Waals surface area contributed by atoms with E-state index in [1.807, 2.05) is 0 Å². The van der Waals surface area contributed by atoms with Gasteiger partial charge < -0.3 is 5.21 Å². The molecule has 88 valence electrons. The van der Waals surface area contributed by atoms with E-state index in [4.69, 9.17) is 5.21 Å². The molecule has 17 heavy (non-hydrogen) atoms. The lowest BCUT2D eigenvalue weighted by Gasteiger charge is -2.16. The monoisotopic (exact) mass is 235 g/mol. The zero-order chi connectivity index (χ0) is 12.3. The molecule has 0 atom stereocenters. The summed E-state index contributed by atoms with van der Waals surface area (Å²) in [6, 6.07) is 10.9. The Labute approximate surface area is 97.5 Å². The fourth-order valence-corrected chi connectivity index (χ4v) is 1.71. The zero-order valence-corrected chi connectivity index (χ0v) is 8.90. The second kappa shape index (κ2) is 5.03. The van der Waals surface area contributed by atoms with Crippen molar-refractivity contribution in [3.05, 3.63) is 71.3 Å². The largest absolute Gasteiger partial charge is 0.316 e. The molecular weight excluding hydrogens is 224 g/mol. The van der Waals surface area contributed by atoms with Crippen LogP contribution in [0.25, 0.3) is 0 Å². The summed E-state index contributed by atoms with van der Waals surface area (Å²) in [5.74, 6) is -0.807. The van der Waals surface area contributed by atoms with E-state index in [9.17, 15) is 8.78 Å². The Morgan fingerprint density at radius 2 is 1.35 bits per heavy atom. The van der Waals surface area contributed by atoms with Crippen molar-refractivity contribution in [3.8, 4) is 0 Å². The average Bonchev–Trinajstić information content (AvgIpc) is 2.30. The van der Waals surface area contributed by atoms with Crippen molar-refractivity contribution in [2.45, 2.75) is 6.04 Å². The van der Waals surface area contributed by atoms with Crippen LogP contribution in [0.1, 0.15) is 17.2 Å². The lowest BCUT2D eigenvalue weighted by molar-refractivity contribution is 0.141. The first-order chi connectivity index (χ1) is 8.20. The predicted molar refractivity (Wildman–Crippen MR) is 59.6 cm³/mol. The standard InChI is InChI=1S/C13H11F2NO/c14-11-5-1-3-9(7-11)13(16-17)10-4-2-6-12(15)8-10/h1-8,13,16-17H. The number of hydrogen-bond donors (Lipinski definition) is 2. The Hall–Kier alpha value is -1.78. The van der Waals surface area contributed by atoms with E-state index in [-0.39, 0.29) is 0 Å². The smallest absolute Gasteiger partial charge is 0.123 e. The van der Waals surface area contributed by atoms with Gasteiger partial charge >= 0.3 is 0 Å². The third-order valence-corrected chi connectivity index (χ3v) is 2.49. The van der Waals surface area contributed by atoms with Crippen molar-refractivity contribution in [1.29, 1.82) is 0 Å². The summed E-state index contributed by atoms with van der Waals surface area (Å²) in [6.45, 7) is 0. The van der Waals surface area contributed by atoms with E-state index in [0.29, 0.717) is 11.1 Å². The first kappa shape index (κ1) is 11.7. The highest BCUT2D eigenvalue weighted by Crippen LogP contribution is 2.22. The Bertz CT molecular complexity index is 471. The minimum Gasteiger partial charge on any atom is -0.316 e. The molecule has 0 aromatic heterocycles. The van der Waals surface area contributed by atoms with Crippen LogP contribution >= 0.6 is 0 Å². The molecule has 0 saturated heterocycles. The summed E-state index contributed by atoms with van der Waals surface area (Å²) in [4.78, 5) is 0. The van der Waals surface area contributed by atoms with Crippen molar-refractivity contribution in [2.24, 2.45) is 0 Å². The minimum absolute atomic E-state index is 0.404. The third-order valence-electron chi connectivity index (χ3n) is 2.49. The summed E-state index contributed by atoms with van der Waals surface area (Å²) in [6.07, 6.45) is 0. The Balaban J connectivity index is 2.40. The first-order valence-corrected chi connectivity index (χ1v) is 5.11. The third kappa shape index (κ3) is 2.67. The molecular formula is C13H11F2NO. The number of nitrogens with one attached hydrogen (secondary N) is 1. The maximum Gasteiger partial charge on any atom is 0.123 e. The van der Waals surface area contributed by atoms with Gasteiger partial charge in [-0.1, -0.05) is 24.3 Å². The summed E-state index contributed by atoms with van der Waals surface area (Å²) in [5.41, 5.74) is 3.11. The number of benzene rings is 2. The Morgan fingerprint density at radius 1 is 0.882 bits per heavy atom. The minimum atomic E-state index is -0.651. The molecule has 0 amide bonds. The predicted octanol–water partition coefficient (Wildman–Crippen LogP) is 3.03. The number of rotatable bonds is 3. The molecule has 0 aliphatic heterocycles. The number of hydrogen-bond acceptors (Lipinski definition) is 2. The molecule has 0 spiro atoms. The SMILES string of the molecule is ONC(c1cccc(F)c1)c1cccc(F)c1. The molecule has 2 N–H and O–H groups in total. The van der Waals surface area contributed by atoms with Crippen molar-refractivity contribution in [3.63, 3.8) is 0 Å². The van der Waals surface area contributed by atoms with Crippen LogP contribution in [0.4, 0.5) is 8.78 Å². The van der Waals surface area contributed by atoms with Gasteiger partial charge in [-0.25, -0.2) is 8.78 Å². The number of halogens is 2. The van der Waals surface area contributed by atoms with Crippen LogP contribution in [0.2, 0.25) is 0 Å². The lowest BCUT2D eigenvalue weighted by Crippen LogP contribution is -2.18. The van der Waals surface area contributed by atoms with Gasteiger partial charge in [0.1, 0.15) is 11.6 Å². The van der Waals surface area contributed by atoms with Crippen molar-refractivity contribution < 1.29 is 14.0 Å². The van der Waals surface area contributed by atoms with Gasteiger partial charge in [0.2, 0.25) is 0 Å². The van der Waals surface area contributed by atoms with E-state index in [2.05, 4.69) is 5.48 Å². The van der Waals surface area contributed by atoms with Crippen LogP contribution in [0, 0.1) is 11.6 Å². The molecule has 2 nitrogen and oxygen atoms in total. The maximum absolute atomic E-state index is 13.1. The van der Waals surface area contributed by atoms with Crippen LogP contribution in [0.5, 0.6) is 0 Å². The normalized spacial score (nSPS) is 10.8. The van der Waals surface area contributed by atoms with Gasteiger partial charge in [0, 0.05) is 0 Å². The van der Waals surface area contributed by atoms with E-state index in [1.165, 1.54) is 36.4 Å². The fraction of sp³-hybridized carbons (Fsp3) is 0.0769. The molecule has 0 aliphatic rings. The summed E-state index contributed by atoms with van der Waals surface area (Å²) in [7, 11) is 0. The van der Waals surface area contributed by atoms with E-state index in [1.54, 1.807) is 12.1 Å². The lowest BCUT2D eigenvalue weighted by atomic mass is 9.99. The summed E-state index contributed by atoms with van der Waals surface area (Å²) >= 11 is 0. The molecule has 0 radical (unpaired) electrons. The van der Waals surface area contributed by atoms with Crippen molar-refractivity contribution in [1.82, 2.24) is 5.48 Å². The highest BCUT2D eigenvalue weighted by Gasteiger charge is 2.13. The highest BCUT2D eigenvalue weighted by atomic mass is 19.1. The van der Waals surface area contributed by atoms with Gasteiger partial charge in [-0.15, -0.1) is 0 Å². The van der Waals surface area contributed by atoms with E-state index in [0.717, 1.165) is 0 Å². The van der Waals surface area contributed by atoms with Gasteiger partial charge in [0.15, 0.2) is 0 Å². The van der Waals surface area contributed by atoms with Crippen molar-refractivity contribution in [2.75, 3.05) is 0 Å². The first-order valence-electron chi connectivity index (χ1n) is 5.11. The topological polar surface area (TPSA) is 32.3 Å². The van der Waals surface area contributed by atoms with Crippen LogP contribution in [-0.2, 0) is 0 Å². The molecule has 0 fully saturated rings. The van der Waals surface area contributed by atoms with Gasteiger partial charge in [-0.3, -0.25) is 0 Å². The van der Waals surface area contributed by atoms with Crippen LogP contribution in [0.3, 0.4) is 0 Å². The molecule has 2 aromatic rings. The molecule has 2 rings (SSSR count). The van der Waals surface area contributed by atoms with E-state index >= 15 is 0 Å². The van der Waals surface area contributed by atoms with Gasteiger partial charge in [-0.2, -0.15) is 5.48 Å². The van der Waals surface area contributed by atoms with Gasteiger partial charge in [-0.05, 0) is 35.4 Å². The van der Waals surface area contributed by atoms with Crippen molar-refractivity contribution >= 4 is 0 Å². The maximum atomic E-state index is 13.1. The fourth-order valence-electron chi connectivity index (χ4n) is 1.71. The molecule has 0 bridgehead atoms. The van der Waals surface area contributed by atoms with E-state index < -0.39 is 17.7 Å². The molecule has 0 heterocycles. The molecule has 4 heteroatoms. The highest BCUT2D eigenvalue weighted by molar-refractivity contribution is 5.31. The zero-order valence-electron chi connectivity index (χ0n) is 8.90. The van der Waals surface area contributed by atoms with Gasteiger partial charge in [0.05, 0.1) is 6.04 Å². The second-order valence-corrected chi connectivity index (χ2v) is 3.67. The summed E-state index contributed by atoms with van der Waals surface area (Å²) < 4.78 is 26.2. The van der Waals surface area contributed by atoms with Gasteiger partial charge in [0.25, 0.3) is 0 Å². The average molecular weight is 235 g/mol. The summed E-state index contributed by atoms with van der Waals surface area (Å²) in [5, 5.41) is 9.12. The molecule has 0 unspecified atom stereocenters. The Kier molecular flexibility index (Phi) is 3.46. The van der Waals surface area contributed by atoms with Crippen LogP contribution in [0.15, 0.2) is 48.5 Å². The molecule has 2 aromatic carbocycles.